The summed E-state index contributed by atoms with van der Waals surface area (Å²) in [6, 6.07) is 3.04. The first kappa shape index (κ1) is 17.0. The van der Waals surface area contributed by atoms with E-state index in [1.165, 1.54) is 6.07 Å². The molecule has 0 aromatic heterocycles. The molecule has 0 unspecified atom stereocenters. The second kappa shape index (κ2) is 6.62. The third kappa shape index (κ3) is 5.47. The fraction of sp³-hybridized carbons (Fsp3) is 0.273. The Kier molecular flexibility index (Phi) is 5.37. The molecule has 1 aromatic rings. The predicted molar refractivity (Wildman–Crippen MR) is 61.0 cm³/mol. The van der Waals surface area contributed by atoms with Crippen molar-refractivity contribution in [1.82, 2.24) is 0 Å². The number of hydrogen-bond donors (Lipinski definition) is 1. The van der Waals surface area contributed by atoms with Gasteiger partial charge < -0.3 is 9.84 Å². The van der Waals surface area contributed by atoms with E-state index < -0.39 is 52.5 Å². The normalized spacial score (nSPS) is 11.3. The largest absolute Gasteiger partial charge is 0.481 e. The summed E-state index contributed by atoms with van der Waals surface area (Å²) < 4.78 is 65.8. The van der Waals surface area contributed by atoms with Crippen LogP contribution in [0.15, 0.2) is 17.0 Å². The molecule has 0 bridgehead atoms. The first-order valence-electron chi connectivity index (χ1n) is 5.11. The van der Waals surface area contributed by atoms with Gasteiger partial charge in [-0.05, 0) is 23.9 Å². The van der Waals surface area contributed by atoms with Crippen molar-refractivity contribution >= 4 is 17.7 Å². The molecule has 0 aliphatic carbocycles. The van der Waals surface area contributed by atoms with E-state index >= 15 is 0 Å². The van der Waals surface area contributed by atoms with Gasteiger partial charge >= 0.3 is 18.1 Å². The van der Waals surface area contributed by atoms with Gasteiger partial charge in [0.1, 0.15) is 5.75 Å². The van der Waals surface area contributed by atoms with Crippen molar-refractivity contribution in [2.75, 3.05) is 0 Å². The summed E-state index contributed by atoms with van der Waals surface area (Å²) in [7, 11) is 0. The molecule has 4 nitrogen and oxygen atoms in total. The van der Waals surface area contributed by atoms with Gasteiger partial charge in [-0.15, -0.1) is 0 Å². The summed E-state index contributed by atoms with van der Waals surface area (Å²) in [5.74, 6) is -2.29. The highest BCUT2D eigenvalue weighted by molar-refractivity contribution is 8.00. The van der Waals surface area contributed by atoms with Gasteiger partial charge in [0.05, 0.1) is 18.1 Å². The molecule has 1 rings (SSSR count). The molecule has 21 heavy (non-hydrogen) atoms. The van der Waals surface area contributed by atoms with Crippen LogP contribution in [0.1, 0.15) is 11.1 Å². The van der Waals surface area contributed by atoms with Gasteiger partial charge in [-0.2, -0.15) is 27.2 Å². The van der Waals surface area contributed by atoms with Crippen LogP contribution in [0.25, 0.3) is 0 Å². The summed E-state index contributed by atoms with van der Waals surface area (Å²) in [5.41, 5.74) is -5.70. The Morgan fingerprint density at radius 3 is 2.48 bits per heavy atom. The third-order valence-electron chi connectivity index (χ3n) is 2.07. The van der Waals surface area contributed by atoms with Crippen molar-refractivity contribution in [3.8, 4) is 11.8 Å². The molecule has 0 heterocycles. The lowest BCUT2D eigenvalue weighted by Gasteiger charge is -2.15. The van der Waals surface area contributed by atoms with Gasteiger partial charge in [-0.3, -0.25) is 4.79 Å². The first-order chi connectivity index (χ1) is 9.62. The number of aliphatic carboxylic acids is 1. The van der Waals surface area contributed by atoms with Crippen LogP contribution in [-0.2, 0) is 11.2 Å². The van der Waals surface area contributed by atoms with Crippen LogP contribution >= 0.6 is 11.8 Å². The van der Waals surface area contributed by atoms with E-state index in [1.54, 1.807) is 0 Å². The molecule has 0 aliphatic heterocycles. The topological polar surface area (TPSA) is 70.3 Å². The van der Waals surface area contributed by atoms with Crippen molar-refractivity contribution in [3.05, 3.63) is 23.3 Å². The van der Waals surface area contributed by atoms with E-state index in [0.717, 1.165) is 12.1 Å². The zero-order valence-electron chi connectivity index (χ0n) is 9.95. The van der Waals surface area contributed by atoms with Crippen LogP contribution in [0.2, 0.25) is 0 Å². The van der Waals surface area contributed by atoms with Crippen LogP contribution in [0.5, 0.6) is 5.75 Å². The third-order valence-corrected chi connectivity index (χ3v) is 2.88. The first-order valence-corrected chi connectivity index (χ1v) is 5.93. The molecule has 0 amide bonds. The molecule has 0 spiro atoms. The molecule has 0 aliphatic rings. The van der Waals surface area contributed by atoms with E-state index in [0.29, 0.717) is 0 Å². The average molecular weight is 327 g/mol. The van der Waals surface area contributed by atoms with Gasteiger partial charge in [0.25, 0.3) is 0 Å². The van der Waals surface area contributed by atoms with E-state index in [9.17, 15) is 26.7 Å². The minimum atomic E-state index is -4.77. The molecule has 1 N–H and O–H groups in total. The number of hydrogen-bond acceptors (Lipinski definition) is 4. The number of benzene rings is 1. The Morgan fingerprint density at radius 1 is 1.43 bits per heavy atom. The van der Waals surface area contributed by atoms with Gasteiger partial charge in [0, 0.05) is 10.5 Å². The quantitative estimate of drug-likeness (QED) is 0.663. The maximum absolute atomic E-state index is 12.4. The number of ether oxygens (including phenoxy) is 1. The Morgan fingerprint density at radius 2 is 2.05 bits per heavy atom. The van der Waals surface area contributed by atoms with Crippen molar-refractivity contribution in [2.45, 2.75) is 23.4 Å². The van der Waals surface area contributed by atoms with Crippen molar-refractivity contribution in [3.63, 3.8) is 0 Å². The van der Waals surface area contributed by atoms with Crippen molar-refractivity contribution in [2.24, 2.45) is 0 Å². The fourth-order valence-electron chi connectivity index (χ4n) is 1.43. The lowest BCUT2D eigenvalue weighted by atomic mass is 10.1. The number of rotatable bonds is 5. The maximum Gasteiger partial charge on any atom is 0.446 e. The standard InChI is InChI=1S/C11H6F5NO3S/c12-10(13)20-7-1-5(4-17)2-8(21-11(14,15)16)6(7)3-9(18)19/h1-2,10H,3H2,(H,18,19). The highest BCUT2D eigenvalue weighted by atomic mass is 32.2. The summed E-state index contributed by atoms with van der Waals surface area (Å²) in [4.78, 5) is 10.0. The molecular formula is C11H6F5NO3S. The molecule has 0 radical (unpaired) electrons. The lowest BCUT2D eigenvalue weighted by Crippen LogP contribution is -2.11. The van der Waals surface area contributed by atoms with E-state index in [-0.39, 0.29) is 5.56 Å². The average Bonchev–Trinajstić information content (AvgIpc) is 2.29. The van der Waals surface area contributed by atoms with Crippen LogP contribution in [-0.4, -0.2) is 23.2 Å². The van der Waals surface area contributed by atoms with Gasteiger partial charge in [0.15, 0.2) is 0 Å². The highest BCUT2D eigenvalue weighted by Crippen LogP contribution is 2.42. The number of alkyl halides is 5. The monoisotopic (exact) mass is 327 g/mol. The Bertz CT molecular complexity index is 582. The Labute approximate surface area is 119 Å². The zero-order valence-corrected chi connectivity index (χ0v) is 10.8. The minimum Gasteiger partial charge on any atom is -0.481 e. The summed E-state index contributed by atoms with van der Waals surface area (Å²) in [6.07, 6.45) is -0.952. The lowest BCUT2D eigenvalue weighted by molar-refractivity contribution is -0.136. The molecule has 0 saturated carbocycles. The minimum absolute atomic E-state index is 0.355. The van der Waals surface area contributed by atoms with Gasteiger partial charge in [-0.25, -0.2) is 0 Å². The fourth-order valence-corrected chi connectivity index (χ4v) is 2.16. The van der Waals surface area contributed by atoms with Crippen molar-refractivity contribution in [1.29, 1.82) is 5.26 Å². The Hall–Kier alpha value is -2.02. The summed E-state index contributed by atoms with van der Waals surface area (Å²) in [5, 5.41) is 17.4. The number of carboxylic acid groups (broad SMARTS) is 1. The molecule has 0 atom stereocenters. The van der Waals surface area contributed by atoms with Crippen LogP contribution in [0, 0.1) is 11.3 Å². The summed E-state index contributed by atoms with van der Waals surface area (Å²) in [6.45, 7) is -3.37. The van der Waals surface area contributed by atoms with E-state index in [4.69, 9.17) is 10.4 Å². The van der Waals surface area contributed by atoms with Crippen molar-refractivity contribution < 1.29 is 36.6 Å². The predicted octanol–water partition coefficient (Wildman–Crippen LogP) is 3.40. The molecular weight excluding hydrogens is 321 g/mol. The maximum atomic E-state index is 12.4. The molecule has 1 aromatic carbocycles. The molecule has 0 fully saturated rings. The number of carboxylic acids is 1. The van der Waals surface area contributed by atoms with Gasteiger partial charge in [-0.1, -0.05) is 0 Å². The van der Waals surface area contributed by atoms with Gasteiger partial charge in [0.2, 0.25) is 0 Å². The smallest absolute Gasteiger partial charge is 0.446 e. The van der Waals surface area contributed by atoms with E-state index in [1.807, 2.05) is 0 Å². The van der Waals surface area contributed by atoms with Crippen LogP contribution in [0.3, 0.4) is 0 Å². The number of nitriles is 1. The molecule has 0 saturated heterocycles. The van der Waals surface area contributed by atoms with Crippen LogP contribution in [0.4, 0.5) is 22.0 Å². The van der Waals surface area contributed by atoms with Crippen LogP contribution < -0.4 is 4.74 Å². The molecule has 10 heteroatoms. The second-order valence-electron chi connectivity index (χ2n) is 3.56. The number of halogens is 5. The zero-order chi connectivity index (χ0) is 16.2. The summed E-state index contributed by atoms with van der Waals surface area (Å²) >= 11 is -0.699. The number of thioether (sulfide) groups is 1. The molecule has 114 valence electrons. The Balaban J connectivity index is 3.42. The van der Waals surface area contributed by atoms with E-state index in [2.05, 4.69) is 4.74 Å². The SMILES string of the molecule is N#Cc1cc(OC(F)F)c(CC(=O)O)c(SC(F)(F)F)c1. The second-order valence-corrected chi connectivity index (χ2v) is 4.67. The number of nitrogens with zero attached hydrogens (tertiary/aromatic N) is 1. The number of carbonyl (C=O) groups is 1. The highest BCUT2D eigenvalue weighted by Gasteiger charge is 2.32.